The molecule has 3 rings (SSSR count). The van der Waals surface area contributed by atoms with E-state index in [1.54, 1.807) is 6.07 Å². The zero-order valence-corrected chi connectivity index (χ0v) is 11.8. The molecule has 1 N–H and O–H groups in total. The lowest BCUT2D eigenvalue weighted by atomic mass is 10.0. The van der Waals surface area contributed by atoms with E-state index in [-0.39, 0.29) is 10.8 Å². The highest BCUT2D eigenvalue weighted by molar-refractivity contribution is 6.30. The SMILES string of the molecule is Fc1ccc(CN2CCCC2C2CCCN2)cc1Cl. The third kappa shape index (κ3) is 2.93. The Balaban J connectivity index is 1.69. The van der Waals surface area contributed by atoms with Gasteiger partial charge in [-0.3, -0.25) is 4.90 Å². The predicted molar refractivity (Wildman–Crippen MR) is 75.9 cm³/mol. The van der Waals surface area contributed by atoms with Crippen LogP contribution < -0.4 is 5.32 Å². The van der Waals surface area contributed by atoms with E-state index in [2.05, 4.69) is 10.2 Å². The van der Waals surface area contributed by atoms with Gasteiger partial charge in [-0.25, -0.2) is 4.39 Å². The summed E-state index contributed by atoms with van der Waals surface area (Å²) in [6, 6.07) is 6.34. The van der Waals surface area contributed by atoms with Crippen LogP contribution in [-0.2, 0) is 6.54 Å². The molecule has 0 aromatic heterocycles. The quantitative estimate of drug-likeness (QED) is 0.916. The molecule has 1 aromatic carbocycles. The number of rotatable bonds is 3. The Morgan fingerprint density at radius 3 is 2.95 bits per heavy atom. The summed E-state index contributed by atoms with van der Waals surface area (Å²) < 4.78 is 13.2. The lowest BCUT2D eigenvalue weighted by Crippen LogP contribution is -2.43. The molecule has 0 aliphatic carbocycles. The number of halogens is 2. The van der Waals surface area contributed by atoms with Crippen molar-refractivity contribution in [1.29, 1.82) is 0 Å². The van der Waals surface area contributed by atoms with Crippen molar-refractivity contribution in [2.24, 2.45) is 0 Å². The van der Waals surface area contributed by atoms with Gasteiger partial charge in [0.25, 0.3) is 0 Å². The molecule has 2 fully saturated rings. The van der Waals surface area contributed by atoms with E-state index in [0.717, 1.165) is 25.2 Å². The average molecular weight is 283 g/mol. The summed E-state index contributed by atoms with van der Waals surface area (Å²) in [6.07, 6.45) is 5.10. The van der Waals surface area contributed by atoms with Gasteiger partial charge >= 0.3 is 0 Å². The highest BCUT2D eigenvalue weighted by Gasteiger charge is 2.32. The molecule has 0 amide bonds. The third-order valence-electron chi connectivity index (χ3n) is 4.35. The molecule has 1 aromatic rings. The van der Waals surface area contributed by atoms with Crippen LogP contribution in [0.4, 0.5) is 4.39 Å². The van der Waals surface area contributed by atoms with Crippen LogP contribution in [0, 0.1) is 5.82 Å². The first-order chi connectivity index (χ1) is 9.24. The van der Waals surface area contributed by atoms with Crippen LogP contribution in [0.3, 0.4) is 0 Å². The van der Waals surface area contributed by atoms with Gasteiger partial charge in [0.15, 0.2) is 0 Å². The van der Waals surface area contributed by atoms with Crippen molar-refractivity contribution in [2.75, 3.05) is 13.1 Å². The Kier molecular flexibility index (Phi) is 4.06. The predicted octanol–water partition coefficient (Wildman–Crippen LogP) is 3.20. The van der Waals surface area contributed by atoms with E-state index >= 15 is 0 Å². The number of benzene rings is 1. The van der Waals surface area contributed by atoms with Crippen molar-refractivity contribution in [3.63, 3.8) is 0 Å². The van der Waals surface area contributed by atoms with E-state index in [1.807, 2.05) is 6.07 Å². The van der Waals surface area contributed by atoms with Crippen molar-refractivity contribution in [1.82, 2.24) is 10.2 Å². The molecule has 2 nitrogen and oxygen atoms in total. The van der Waals surface area contributed by atoms with Gasteiger partial charge in [-0.2, -0.15) is 0 Å². The third-order valence-corrected chi connectivity index (χ3v) is 4.64. The van der Waals surface area contributed by atoms with Gasteiger partial charge in [0.05, 0.1) is 5.02 Å². The molecule has 4 heteroatoms. The highest BCUT2D eigenvalue weighted by Crippen LogP contribution is 2.27. The molecule has 0 radical (unpaired) electrons. The molecule has 0 spiro atoms. The molecule has 2 unspecified atom stereocenters. The Labute approximate surface area is 118 Å². The van der Waals surface area contributed by atoms with E-state index in [0.29, 0.717) is 12.1 Å². The minimum atomic E-state index is -0.333. The summed E-state index contributed by atoms with van der Waals surface area (Å²) in [4.78, 5) is 2.52. The maximum Gasteiger partial charge on any atom is 0.141 e. The summed E-state index contributed by atoms with van der Waals surface area (Å²) in [5.74, 6) is -0.333. The van der Waals surface area contributed by atoms with Gasteiger partial charge in [0.1, 0.15) is 5.82 Å². The highest BCUT2D eigenvalue weighted by atomic mass is 35.5. The molecule has 0 saturated carbocycles. The molecule has 2 aliphatic rings. The summed E-state index contributed by atoms with van der Waals surface area (Å²) in [6.45, 7) is 3.16. The smallest absolute Gasteiger partial charge is 0.141 e. The van der Waals surface area contributed by atoms with Gasteiger partial charge in [-0.1, -0.05) is 17.7 Å². The van der Waals surface area contributed by atoms with Crippen molar-refractivity contribution in [3.05, 3.63) is 34.6 Å². The molecular weight excluding hydrogens is 263 g/mol. The first kappa shape index (κ1) is 13.3. The second-order valence-corrected chi connectivity index (χ2v) is 6.04. The van der Waals surface area contributed by atoms with Crippen LogP contribution in [-0.4, -0.2) is 30.1 Å². The van der Waals surface area contributed by atoms with E-state index < -0.39 is 0 Å². The van der Waals surface area contributed by atoms with Crippen LogP contribution in [0.25, 0.3) is 0 Å². The average Bonchev–Trinajstić information content (AvgIpc) is 3.04. The van der Waals surface area contributed by atoms with Gasteiger partial charge in [-0.15, -0.1) is 0 Å². The number of hydrogen-bond acceptors (Lipinski definition) is 2. The van der Waals surface area contributed by atoms with Gasteiger partial charge in [0.2, 0.25) is 0 Å². The first-order valence-corrected chi connectivity index (χ1v) is 7.53. The first-order valence-electron chi connectivity index (χ1n) is 7.15. The van der Waals surface area contributed by atoms with Gasteiger partial charge in [-0.05, 0) is 56.5 Å². The van der Waals surface area contributed by atoms with E-state index in [9.17, 15) is 4.39 Å². The normalized spacial score (nSPS) is 28.1. The fourth-order valence-electron chi connectivity index (χ4n) is 3.42. The second kappa shape index (κ2) is 5.78. The minimum Gasteiger partial charge on any atom is -0.312 e. The number of nitrogens with zero attached hydrogens (tertiary/aromatic N) is 1. The standard InChI is InChI=1S/C15H20ClFN2/c16-12-9-11(5-6-13(12)17)10-19-8-2-4-15(19)14-3-1-7-18-14/h5-6,9,14-15,18H,1-4,7-8,10H2. The maximum atomic E-state index is 13.2. The van der Waals surface area contributed by atoms with Gasteiger partial charge in [0, 0.05) is 18.6 Å². The van der Waals surface area contributed by atoms with Crippen molar-refractivity contribution in [3.8, 4) is 0 Å². The molecule has 2 saturated heterocycles. The Bertz CT molecular complexity index is 446. The molecule has 2 atom stereocenters. The topological polar surface area (TPSA) is 15.3 Å². The monoisotopic (exact) mass is 282 g/mol. The maximum absolute atomic E-state index is 13.2. The summed E-state index contributed by atoms with van der Waals surface area (Å²) in [5, 5.41) is 3.84. The van der Waals surface area contributed by atoms with Crippen molar-refractivity contribution in [2.45, 2.75) is 44.3 Å². The zero-order valence-electron chi connectivity index (χ0n) is 11.0. The summed E-state index contributed by atoms with van der Waals surface area (Å²) in [7, 11) is 0. The number of hydrogen-bond donors (Lipinski definition) is 1. The fourth-order valence-corrected chi connectivity index (χ4v) is 3.62. The van der Waals surface area contributed by atoms with Crippen LogP contribution in [0.1, 0.15) is 31.2 Å². The zero-order chi connectivity index (χ0) is 13.2. The summed E-state index contributed by atoms with van der Waals surface area (Å²) >= 11 is 5.86. The van der Waals surface area contributed by atoms with Crippen LogP contribution in [0.2, 0.25) is 5.02 Å². The molecule has 0 bridgehead atoms. The largest absolute Gasteiger partial charge is 0.312 e. The molecule has 19 heavy (non-hydrogen) atoms. The van der Waals surface area contributed by atoms with E-state index in [4.69, 9.17) is 11.6 Å². The van der Waals surface area contributed by atoms with E-state index in [1.165, 1.54) is 31.7 Å². The number of nitrogens with one attached hydrogen (secondary N) is 1. The van der Waals surface area contributed by atoms with Crippen molar-refractivity contribution >= 4 is 11.6 Å². The second-order valence-electron chi connectivity index (χ2n) is 5.63. The Morgan fingerprint density at radius 2 is 2.21 bits per heavy atom. The van der Waals surface area contributed by atoms with Gasteiger partial charge < -0.3 is 5.32 Å². The lowest BCUT2D eigenvalue weighted by molar-refractivity contribution is 0.206. The minimum absolute atomic E-state index is 0.229. The fraction of sp³-hybridized carbons (Fsp3) is 0.600. The molecular formula is C15H20ClFN2. The Morgan fingerprint density at radius 1 is 1.32 bits per heavy atom. The van der Waals surface area contributed by atoms with Crippen LogP contribution in [0.5, 0.6) is 0 Å². The molecule has 2 aliphatic heterocycles. The van der Waals surface area contributed by atoms with Crippen LogP contribution >= 0.6 is 11.6 Å². The Hall–Kier alpha value is -0.640. The lowest BCUT2D eigenvalue weighted by Gasteiger charge is -2.29. The molecule has 2 heterocycles. The summed E-state index contributed by atoms with van der Waals surface area (Å²) in [5.41, 5.74) is 1.11. The number of likely N-dealkylation sites (tertiary alicyclic amines) is 1. The van der Waals surface area contributed by atoms with Crippen molar-refractivity contribution < 1.29 is 4.39 Å². The molecule has 104 valence electrons. The van der Waals surface area contributed by atoms with Crippen LogP contribution in [0.15, 0.2) is 18.2 Å².